The molecule has 0 bridgehead atoms. The number of rotatable bonds is 4. The number of nitrogens with one attached hydrogen (secondary N) is 1. The van der Waals surface area contributed by atoms with Crippen molar-refractivity contribution in [3.8, 4) is 0 Å². The van der Waals surface area contributed by atoms with Crippen LogP contribution in [0.1, 0.15) is 17.5 Å². The van der Waals surface area contributed by atoms with Gasteiger partial charge in [0.05, 0.1) is 0 Å². The van der Waals surface area contributed by atoms with Crippen LogP contribution < -0.4 is 5.32 Å². The van der Waals surface area contributed by atoms with Crippen molar-refractivity contribution < 1.29 is 9.18 Å². The molecule has 2 rings (SSSR count). The van der Waals surface area contributed by atoms with Crippen LogP contribution in [0.4, 0.5) is 9.52 Å². The molecule has 19 heavy (non-hydrogen) atoms. The van der Waals surface area contributed by atoms with Crippen molar-refractivity contribution in [2.45, 2.75) is 13.3 Å². The molecule has 6 heteroatoms. The van der Waals surface area contributed by atoms with Crippen LogP contribution in [0.3, 0.4) is 0 Å². The second kappa shape index (κ2) is 6.19. The highest BCUT2D eigenvalue weighted by molar-refractivity contribution is 7.15. The summed E-state index contributed by atoms with van der Waals surface area (Å²) in [5.74, 6) is -0.592. The van der Waals surface area contributed by atoms with Gasteiger partial charge in [0.1, 0.15) is 10.8 Å². The highest BCUT2D eigenvalue weighted by Gasteiger charge is 2.04. The molecule has 0 spiro atoms. The van der Waals surface area contributed by atoms with Crippen LogP contribution in [0, 0.1) is 5.82 Å². The lowest BCUT2D eigenvalue weighted by atomic mass is 10.2. The third-order valence-corrected chi connectivity index (χ3v) is 3.28. The summed E-state index contributed by atoms with van der Waals surface area (Å²) in [5, 5.41) is 11.7. The molecule has 0 fully saturated rings. The summed E-state index contributed by atoms with van der Waals surface area (Å²) < 4.78 is 12.7. The van der Waals surface area contributed by atoms with Crippen LogP contribution in [0.15, 0.2) is 30.3 Å². The van der Waals surface area contributed by atoms with Crippen molar-refractivity contribution in [2.24, 2.45) is 0 Å². The van der Waals surface area contributed by atoms with E-state index in [2.05, 4.69) is 15.5 Å². The Morgan fingerprint density at radius 2 is 2.11 bits per heavy atom. The van der Waals surface area contributed by atoms with Crippen LogP contribution in [0.5, 0.6) is 0 Å². The Hall–Kier alpha value is -2.08. The number of benzene rings is 1. The minimum absolute atomic E-state index is 0.289. The highest BCUT2D eigenvalue weighted by atomic mass is 32.1. The van der Waals surface area contributed by atoms with Crippen molar-refractivity contribution >= 4 is 28.5 Å². The molecule has 1 aromatic carbocycles. The van der Waals surface area contributed by atoms with Gasteiger partial charge in [0, 0.05) is 6.08 Å². The number of nitrogens with zero attached hydrogens (tertiary/aromatic N) is 2. The topological polar surface area (TPSA) is 54.9 Å². The van der Waals surface area contributed by atoms with Gasteiger partial charge < -0.3 is 0 Å². The standard InChI is InChI=1S/C13H12FN3OS/c1-2-12-16-17-13(19-12)15-11(18)8-5-9-3-6-10(14)7-4-9/h3-8H,2H2,1H3,(H,15,17,18)/b8-5-. The fraction of sp³-hybridized carbons (Fsp3) is 0.154. The molecule has 1 heterocycles. The average molecular weight is 277 g/mol. The summed E-state index contributed by atoms with van der Waals surface area (Å²) in [4.78, 5) is 11.6. The molecule has 1 amide bonds. The van der Waals surface area contributed by atoms with Crippen molar-refractivity contribution in [3.05, 3.63) is 46.7 Å². The van der Waals surface area contributed by atoms with E-state index in [4.69, 9.17) is 0 Å². The smallest absolute Gasteiger partial charge is 0.250 e. The SMILES string of the molecule is CCc1nnc(NC(=O)/C=C\c2ccc(F)cc2)s1. The summed E-state index contributed by atoms with van der Waals surface area (Å²) in [6, 6.07) is 5.88. The van der Waals surface area contributed by atoms with E-state index in [9.17, 15) is 9.18 Å². The predicted octanol–water partition coefficient (Wildman–Crippen LogP) is 2.89. The lowest BCUT2D eigenvalue weighted by molar-refractivity contribution is -0.111. The molecule has 0 saturated heterocycles. The number of aryl methyl sites for hydroxylation is 1. The van der Waals surface area contributed by atoms with Crippen molar-refractivity contribution in [2.75, 3.05) is 5.32 Å². The largest absolute Gasteiger partial charge is 0.297 e. The van der Waals surface area contributed by atoms with Crippen LogP contribution in [-0.2, 0) is 11.2 Å². The molecular weight excluding hydrogens is 265 g/mol. The van der Waals surface area contributed by atoms with Crippen molar-refractivity contribution in [1.82, 2.24) is 10.2 Å². The third kappa shape index (κ3) is 3.96. The Bertz CT molecular complexity index is 592. The first-order valence-electron chi connectivity index (χ1n) is 5.74. The molecule has 0 radical (unpaired) electrons. The summed E-state index contributed by atoms with van der Waals surface area (Å²) in [6.07, 6.45) is 3.77. The molecule has 0 aliphatic heterocycles. The monoisotopic (exact) mass is 277 g/mol. The first-order chi connectivity index (χ1) is 9.17. The van der Waals surface area contributed by atoms with Crippen LogP contribution in [0.2, 0.25) is 0 Å². The number of hydrogen-bond acceptors (Lipinski definition) is 4. The maximum atomic E-state index is 12.7. The summed E-state index contributed by atoms with van der Waals surface area (Å²) >= 11 is 1.35. The third-order valence-electron chi connectivity index (χ3n) is 2.30. The van der Waals surface area contributed by atoms with Gasteiger partial charge >= 0.3 is 0 Å². The molecule has 2 aromatic rings. The van der Waals surface area contributed by atoms with Gasteiger partial charge in [0.2, 0.25) is 11.0 Å². The Kier molecular flexibility index (Phi) is 4.35. The summed E-state index contributed by atoms with van der Waals surface area (Å²) in [6.45, 7) is 1.97. The first-order valence-corrected chi connectivity index (χ1v) is 6.56. The van der Waals surface area contributed by atoms with Gasteiger partial charge in [-0.2, -0.15) is 0 Å². The summed E-state index contributed by atoms with van der Waals surface area (Å²) in [7, 11) is 0. The highest BCUT2D eigenvalue weighted by Crippen LogP contribution is 2.15. The van der Waals surface area contributed by atoms with E-state index in [1.807, 2.05) is 6.92 Å². The maximum absolute atomic E-state index is 12.7. The minimum atomic E-state index is -0.303. The molecule has 0 atom stereocenters. The lowest BCUT2D eigenvalue weighted by Crippen LogP contribution is -2.07. The number of carbonyl (C=O) groups excluding carboxylic acids is 1. The molecule has 98 valence electrons. The average Bonchev–Trinajstić information content (AvgIpc) is 2.86. The van der Waals surface area contributed by atoms with E-state index in [0.717, 1.165) is 17.0 Å². The van der Waals surface area contributed by atoms with Gasteiger partial charge in [-0.15, -0.1) is 10.2 Å². The number of aromatic nitrogens is 2. The Morgan fingerprint density at radius 1 is 1.37 bits per heavy atom. The Balaban J connectivity index is 1.95. The van der Waals surface area contributed by atoms with E-state index in [-0.39, 0.29) is 11.7 Å². The molecule has 1 aromatic heterocycles. The van der Waals surface area contributed by atoms with Gasteiger partial charge in [0.25, 0.3) is 0 Å². The molecule has 0 saturated carbocycles. The first kappa shape index (κ1) is 13.4. The lowest BCUT2D eigenvalue weighted by Gasteiger charge is -1.95. The predicted molar refractivity (Wildman–Crippen MR) is 73.4 cm³/mol. The van der Waals surface area contributed by atoms with Crippen LogP contribution in [0.25, 0.3) is 6.08 Å². The Labute approximate surface area is 114 Å². The number of amides is 1. The zero-order chi connectivity index (χ0) is 13.7. The van der Waals surface area contributed by atoms with Gasteiger partial charge in [-0.25, -0.2) is 4.39 Å². The second-order valence-electron chi connectivity index (χ2n) is 3.73. The normalized spacial score (nSPS) is 10.8. The molecule has 0 aliphatic rings. The quantitative estimate of drug-likeness (QED) is 0.874. The van der Waals surface area contributed by atoms with E-state index in [1.165, 1.54) is 29.5 Å². The van der Waals surface area contributed by atoms with Crippen molar-refractivity contribution in [1.29, 1.82) is 0 Å². The van der Waals surface area contributed by atoms with E-state index >= 15 is 0 Å². The van der Waals surface area contributed by atoms with Gasteiger partial charge in [0.15, 0.2) is 0 Å². The maximum Gasteiger partial charge on any atom is 0.250 e. The fourth-order valence-corrected chi connectivity index (χ4v) is 2.02. The number of anilines is 1. The van der Waals surface area contributed by atoms with Gasteiger partial charge in [-0.1, -0.05) is 30.4 Å². The zero-order valence-corrected chi connectivity index (χ0v) is 11.1. The van der Waals surface area contributed by atoms with Crippen molar-refractivity contribution in [3.63, 3.8) is 0 Å². The second-order valence-corrected chi connectivity index (χ2v) is 4.79. The Morgan fingerprint density at radius 3 is 2.74 bits per heavy atom. The number of hydrogen-bond donors (Lipinski definition) is 1. The van der Waals surface area contributed by atoms with E-state index in [1.54, 1.807) is 18.2 Å². The van der Waals surface area contributed by atoms with E-state index in [0.29, 0.717) is 5.13 Å². The molecule has 0 aliphatic carbocycles. The zero-order valence-electron chi connectivity index (χ0n) is 10.3. The molecule has 1 N–H and O–H groups in total. The minimum Gasteiger partial charge on any atom is -0.297 e. The fourth-order valence-electron chi connectivity index (χ4n) is 1.34. The molecular formula is C13H12FN3OS. The van der Waals surface area contributed by atoms with E-state index < -0.39 is 0 Å². The van der Waals surface area contributed by atoms with Crippen LogP contribution >= 0.6 is 11.3 Å². The molecule has 0 unspecified atom stereocenters. The van der Waals surface area contributed by atoms with Crippen LogP contribution in [-0.4, -0.2) is 16.1 Å². The number of halogens is 1. The van der Waals surface area contributed by atoms with Gasteiger partial charge in [-0.05, 0) is 30.2 Å². The number of carbonyl (C=O) groups is 1. The van der Waals surface area contributed by atoms with Gasteiger partial charge in [-0.3, -0.25) is 10.1 Å². The molecule has 4 nitrogen and oxygen atoms in total. The summed E-state index contributed by atoms with van der Waals surface area (Å²) in [5.41, 5.74) is 0.753.